The van der Waals surface area contributed by atoms with Gasteiger partial charge >= 0.3 is 0 Å². The number of fused-ring (bicyclic) bond motifs is 1. The Kier molecular flexibility index (Phi) is 8.57. The van der Waals surface area contributed by atoms with E-state index in [0.717, 1.165) is 12.0 Å². The minimum atomic E-state index is -0.125. The number of hydrogen-bond acceptors (Lipinski definition) is 4. The molecule has 31 heavy (non-hydrogen) atoms. The SMILES string of the molecule is CCCCCCCCCCCc1cccc(-c2coc3c(OC)c(O)ccc3c2=O)c1. The Morgan fingerprint density at radius 2 is 1.65 bits per heavy atom. The van der Waals surface area contributed by atoms with Crippen LogP contribution in [0.5, 0.6) is 11.5 Å². The molecule has 1 N–H and O–H groups in total. The summed E-state index contributed by atoms with van der Waals surface area (Å²) in [5.41, 5.74) is 2.76. The first kappa shape index (κ1) is 22.9. The van der Waals surface area contributed by atoms with Gasteiger partial charge in [0, 0.05) is 0 Å². The number of aryl methyl sites for hydroxylation is 1. The van der Waals surface area contributed by atoms with Crippen molar-refractivity contribution in [2.45, 2.75) is 71.1 Å². The van der Waals surface area contributed by atoms with Crippen LogP contribution >= 0.6 is 0 Å². The van der Waals surface area contributed by atoms with Crippen molar-refractivity contribution in [3.63, 3.8) is 0 Å². The molecule has 0 aliphatic heterocycles. The number of benzene rings is 2. The Labute approximate surface area is 184 Å². The summed E-state index contributed by atoms with van der Waals surface area (Å²) in [6.45, 7) is 2.25. The third-order valence-electron chi connectivity index (χ3n) is 5.89. The highest BCUT2D eigenvalue weighted by atomic mass is 16.5. The third kappa shape index (κ3) is 5.90. The second-order valence-corrected chi connectivity index (χ2v) is 8.25. The number of aromatic hydroxyl groups is 1. The van der Waals surface area contributed by atoms with Crippen molar-refractivity contribution >= 4 is 11.0 Å². The first-order valence-electron chi connectivity index (χ1n) is 11.6. The van der Waals surface area contributed by atoms with Gasteiger partial charge in [-0.1, -0.05) is 82.6 Å². The summed E-state index contributed by atoms with van der Waals surface area (Å²) in [4.78, 5) is 13.0. The molecule has 0 aliphatic rings. The number of rotatable bonds is 12. The van der Waals surface area contributed by atoms with Crippen LogP contribution in [0, 0.1) is 0 Å². The topological polar surface area (TPSA) is 59.7 Å². The fourth-order valence-electron chi connectivity index (χ4n) is 4.10. The van der Waals surface area contributed by atoms with Gasteiger partial charge in [-0.25, -0.2) is 0 Å². The molecular weight excluding hydrogens is 388 g/mol. The van der Waals surface area contributed by atoms with E-state index >= 15 is 0 Å². The van der Waals surface area contributed by atoms with Gasteiger partial charge in [-0.15, -0.1) is 0 Å². The van der Waals surface area contributed by atoms with E-state index in [1.165, 1.54) is 82.8 Å². The number of unbranched alkanes of at least 4 members (excludes halogenated alkanes) is 8. The van der Waals surface area contributed by atoms with Crippen molar-refractivity contribution in [1.82, 2.24) is 0 Å². The summed E-state index contributed by atoms with van der Waals surface area (Å²) < 4.78 is 10.9. The monoisotopic (exact) mass is 422 g/mol. The van der Waals surface area contributed by atoms with Gasteiger partial charge in [0.15, 0.2) is 11.3 Å². The van der Waals surface area contributed by atoms with E-state index in [0.29, 0.717) is 10.9 Å². The predicted octanol–water partition coefficient (Wildman–Crippen LogP) is 7.25. The summed E-state index contributed by atoms with van der Waals surface area (Å²) in [6, 6.07) is 11.2. The van der Waals surface area contributed by atoms with Crippen LogP contribution in [0.25, 0.3) is 22.1 Å². The summed E-state index contributed by atoms with van der Waals surface area (Å²) >= 11 is 0. The van der Waals surface area contributed by atoms with E-state index in [4.69, 9.17) is 9.15 Å². The third-order valence-corrected chi connectivity index (χ3v) is 5.89. The van der Waals surface area contributed by atoms with E-state index in [1.807, 2.05) is 12.1 Å². The molecule has 4 heteroatoms. The first-order chi connectivity index (χ1) is 15.2. The van der Waals surface area contributed by atoms with E-state index < -0.39 is 0 Å². The molecule has 1 heterocycles. The first-order valence-corrected chi connectivity index (χ1v) is 11.6. The van der Waals surface area contributed by atoms with Crippen molar-refractivity contribution in [3.05, 3.63) is 58.4 Å². The van der Waals surface area contributed by atoms with Gasteiger partial charge in [0.1, 0.15) is 6.26 Å². The molecule has 0 unspecified atom stereocenters. The lowest BCUT2D eigenvalue weighted by Gasteiger charge is -2.09. The van der Waals surface area contributed by atoms with E-state index in [-0.39, 0.29) is 22.5 Å². The average molecular weight is 423 g/mol. The number of ether oxygens (including phenoxy) is 1. The molecule has 0 saturated heterocycles. The summed E-state index contributed by atoms with van der Waals surface area (Å²) in [5.74, 6) is 0.133. The lowest BCUT2D eigenvalue weighted by atomic mass is 9.99. The minimum absolute atomic E-state index is 0.0474. The van der Waals surface area contributed by atoms with Crippen molar-refractivity contribution in [1.29, 1.82) is 0 Å². The van der Waals surface area contributed by atoms with Gasteiger partial charge in [-0.2, -0.15) is 0 Å². The molecule has 2 aromatic carbocycles. The molecule has 0 amide bonds. The van der Waals surface area contributed by atoms with Crippen LogP contribution < -0.4 is 10.2 Å². The molecule has 0 bridgehead atoms. The zero-order chi connectivity index (χ0) is 22.1. The molecule has 0 saturated carbocycles. The molecule has 166 valence electrons. The van der Waals surface area contributed by atoms with Gasteiger partial charge in [0.25, 0.3) is 0 Å². The van der Waals surface area contributed by atoms with Crippen molar-refractivity contribution in [3.8, 4) is 22.6 Å². The predicted molar refractivity (Wildman–Crippen MR) is 127 cm³/mol. The second-order valence-electron chi connectivity index (χ2n) is 8.25. The van der Waals surface area contributed by atoms with Crippen LogP contribution in [0.15, 0.2) is 51.9 Å². The second kappa shape index (κ2) is 11.6. The summed E-state index contributed by atoms with van der Waals surface area (Å²) in [6.07, 6.45) is 14.3. The van der Waals surface area contributed by atoms with Crippen LogP contribution in [0.2, 0.25) is 0 Å². The smallest absolute Gasteiger partial charge is 0.204 e. The fourth-order valence-corrected chi connectivity index (χ4v) is 4.10. The van der Waals surface area contributed by atoms with E-state index in [1.54, 1.807) is 6.07 Å². The molecule has 3 aromatic rings. The molecule has 0 spiro atoms. The number of hydrogen-bond donors (Lipinski definition) is 1. The zero-order valence-electron chi connectivity index (χ0n) is 18.8. The van der Waals surface area contributed by atoms with Crippen LogP contribution in [0.4, 0.5) is 0 Å². The number of phenolic OH excluding ortho intramolecular Hbond substituents is 1. The fraction of sp³-hybridized carbons (Fsp3) is 0.444. The maximum Gasteiger partial charge on any atom is 0.204 e. The van der Waals surface area contributed by atoms with Crippen LogP contribution in [-0.4, -0.2) is 12.2 Å². The average Bonchev–Trinajstić information content (AvgIpc) is 2.78. The Morgan fingerprint density at radius 1 is 0.935 bits per heavy atom. The molecule has 1 aromatic heterocycles. The minimum Gasteiger partial charge on any atom is -0.504 e. The van der Waals surface area contributed by atoms with Gasteiger partial charge < -0.3 is 14.3 Å². The van der Waals surface area contributed by atoms with Crippen LogP contribution in [0.1, 0.15) is 70.3 Å². The Bertz CT molecular complexity index is 1040. The normalized spacial score (nSPS) is 11.2. The highest BCUT2D eigenvalue weighted by Gasteiger charge is 2.15. The quantitative estimate of drug-likeness (QED) is 0.312. The van der Waals surface area contributed by atoms with E-state index in [9.17, 15) is 9.90 Å². The summed E-state index contributed by atoms with van der Waals surface area (Å²) in [7, 11) is 1.44. The van der Waals surface area contributed by atoms with Gasteiger partial charge in [0.2, 0.25) is 11.2 Å². The highest BCUT2D eigenvalue weighted by Crippen LogP contribution is 2.34. The maximum atomic E-state index is 13.0. The largest absolute Gasteiger partial charge is 0.504 e. The Morgan fingerprint density at radius 3 is 2.35 bits per heavy atom. The van der Waals surface area contributed by atoms with Gasteiger partial charge in [-0.3, -0.25) is 4.79 Å². The molecule has 4 nitrogen and oxygen atoms in total. The van der Waals surface area contributed by atoms with Crippen molar-refractivity contribution in [2.75, 3.05) is 7.11 Å². The Hall–Kier alpha value is -2.75. The Balaban J connectivity index is 1.63. The lowest BCUT2D eigenvalue weighted by Crippen LogP contribution is -2.05. The zero-order valence-corrected chi connectivity index (χ0v) is 18.8. The molecule has 0 atom stereocenters. The molecule has 0 radical (unpaired) electrons. The van der Waals surface area contributed by atoms with E-state index in [2.05, 4.69) is 19.1 Å². The van der Waals surface area contributed by atoms with Crippen molar-refractivity contribution < 1.29 is 14.3 Å². The highest BCUT2D eigenvalue weighted by molar-refractivity contribution is 5.88. The number of phenols is 1. The molecule has 0 aliphatic carbocycles. The molecule has 0 fully saturated rings. The lowest BCUT2D eigenvalue weighted by molar-refractivity contribution is 0.370. The maximum absolute atomic E-state index is 13.0. The molecular formula is C27H34O4. The number of methoxy groups -OCH3 is 1. The molecule has 3 rings (SSSR count). The van der Waals surface area contributed by atoms with Gasteiger partial charge in [-0.05, 0) is 36.1 Å². The standard InChI is InChI=1S/C27H34O4/c1-3-4-5-6-7-8-9-10-11-13-20-14-12-15-21(18-20)23-19-31-26-22(25(23)29)16-17-24(28)27(26)30-2/h12,14-19,28H,3-11,13H2,1-2H3. The van der Waals surface area contributed by atoms with Crippen molar-refractivity contribution in [2.24, 2.45) is 0 Å². The van der Waals surface area contributed by atoms with Crippen LogP contribution in [-0.2, 0) is 6.42 Å². The van der Waals surface area contributed by atoms with Gasteiger partial charge in [0.05, 0.1) is 18.1 Å². The summed E-state index contributed by atoms with van der Waals surface area (Å²) in [5, 5.41) is 10.3. The van der Waals surface area contributed by atoms with Crippen LogP contribution in [0.3, 0.4) is 0 Å².